The van der Waals surface area contributed by atoms with E-state index in [2.05, 4.69) is 0 Å². The highest BCUT2D eigenvalue weighted by Crippen LogP contribution is 2.05. The van der Waals surface area contributed by atoms with Crippen molar-refractivity contribution in [3.8, 4) is 0 Å². The Morgan fingerprint density at radius 2 is 2.00 bits per heavy atom. The number of Topliss-reactive ketones (excluding diaryl/α,β-unsaturated/α-hetero) is 1. The van der Waals surface area contributed by atoms with Crippen LogP contribution in [-0.4, -0.2) is 11.8 Å². The van der Waals surface area contributed by atoms with Crippen LogP contribution in [0, 0.1) is 0 Å². The van der Waals surface area contributed by atoms with Crippen molar-refractivity contribution in [2.75, 3.05) is 0 Å². The molecule has 0 saturated carbocycles. The number of benzene rings is 1. The van der Waals surface area contributed by atoms with Crippen LogP contribution < -0.4 is 5.73 Å². The molecule has 0 heterocycles. The van der Waals surface area contributed by atoms with Gasteiger partial charge in [-0.25, -0.2) is 0 Å². The fourth-order valence-electron chi connectivity index (χ4n) is 1.47. The molecule has 0 saturated heterocycles. The second-order valence-corrected chi connectivity index (χ2v) is 3.90. The molecule has 0 aliphatic heterocycles. The third-order valence-corrected chi connectivity index (χ3v) is 2.55. The third kappa shape index (κ3) is 4.75. The Labute approximate surface area is 91.5 Å². The van der Waals surface area contributed by atoms with Crippen LogP contribution in [0.1, 0.15) is 31.7 Å². The number of aryl methyl sites for hydroxylation is 1. The van der Waals surface area contributed by atoms with Crippen molar-refractivity contribution in [2.24, 2.45) is 5.73 Å². The van der Waals surface area contributed by atoms with Gasteiger partial charge in [0.2, 0.25) is 0 Å². The summed E-state index contributed by atoms with van der Waals surface area (Å²) in [7, 11) is 0. The summed E-state index contributed by atoms with van der Waals surface area (Å²) >= 11 is 0. The summed E-state index contributed by atoms with van der Waals surface area (Å²) in [6, 6.07) is 10.1. The molecule has 15 heavy (non-hydrogen) atoms. The Kier molecular flexibility index (Phi) is 5.05. The van der Waals surface area contributed by atoms with Crippen LogP contribution in [-0.2, 0) is 11.2 Å². The van der Waals surface area contributed by atoms with E-state index in [1.54, 1.807) is 0 Å². The minimum atomic E-state index is 0.0354. The van der Waals surface area contributed by atoms with Crippen LogP contribution in [0.5, 0.6) is 0 Å². The van der Waals surface area contributed by atoms with Crippen LogP contribution in [0.2, 0.25) is 0 Å². The lowest BCUT2D eigenvalue weighted by atomic mass is 10.0. The van der Waals surface area contributed by atoms with E-state index in [-0.39, 0.29) is 11.8 Å². The van der Waals surface area contributed by atoms with Crippen molar-refractivity contribution in [1.82, 2.24) is 0 Å². The van der Waals surface area contributed by atoms with Crippen LogP contribution in [0.15, 0.2) is 30.3 Å². The van der Waals surface area contributed by atoms with Gasteiger partial charge in [0.15, 0.2) is 0 Å². The van der Waals surface area contributed by atoms with Crippen LogP contribution in [0.25, 0.3) is 0 Å². The summed E-state index contributed by atoms with van der Waals surface area (Å²) in [5, 5.41) is 0. The molecule has 2 N–H and O–H groups in total. The van der Waals surface area contributed by atoms with Gasteiger partial charge < -0.3 is 5.73 Å². The molecule has 0 aromatic heterocycles. The van der Waals surface area contributed by atoms with Gasteiger partial charge in [-0.2, -0.15) is 0 Å². The first-order valence-electron chi connectivity index (χ1n) is 5.53. The summed E-state index contributed by atoms with van der Waals surface area (Å²) in [6.45, 7) is 2.01. The van der Waals surface area contributed by atoms with E-state index in [0.29, 0.717) is 12.8 Å². The molecule has 0 fully saturated rings. The average molecular weight is 205 g/mol. The molecule has 0 bridgehead atoms. The van der Waals surface area contributed by atoms with Gasteiger partial charge in [-0.05, 0) is 18.4 Å². The molecular weight excluding hydrogens is 186 g/mol. The molecule has 1 aromatic rings. The largest absolute Gasteiger partial charge is 0.327 e. The van der Waals surface area contributed by atoms with Crippen molar-refractivity contribution in [3.05, 3.63) is 35.9 Å². The molecule has 2 nitrogen and oxygen atoms in total. The zero-order chi connectivity index (χ0) is 11.1. The SMILES string of the molecule is CCC(N)CC(=O)CCc1ccccc1. The Bertz CT molecular complexity index is 295. The lowest BCUT2D eigenvalue weighted by molar-refractivity contribution is -0.119. The smallest absolute Gasteiger partial charge is 0.134 e. The monoisotopic (exact) mass is 205 g/mol. The summed E-state index contributed by atoms with van der Waals surface area (Å²) in [4.78, 5) is 11.5. The maximum Gasteiger partial charge on any atom is 0.134 e. The molecule has 2 heteroatoms. The Morgan fingerprint density at radius 1 is 1.33 bits per heavy atom. The molecule has 0 aliphatic rings. The summed E-state index contributed by atoms with van der Waals surface area (Å²) < 4.78 is 0. The first-order valence-corrected chi connectivity index (χ1v) is 5.53. The summed E-state index contributed by atoms with van der Waals surface area (Å²) in [6.07, 6.45) is 2.83. The van der Waals surface area contributed by atoms with Crippen molar-refractivity contribution in [2.45, 2.75) is 38.6 Å². The zero-order valence-corrected chi connectivity index (χ0v) is 9.28. The number of rotatable bonds is 6. The number of hydrogen-bond acceptors (Lipinski definition) is 2. The number of nitrogens with two attached hydrogens (primary N) is 1. The molecule has 0 amide bonds. The first-order chi connectivity index (χ1) is 7.22. The molecular formula is C13H19NO. The summed E-state index contributed by atoms with van der Waals surface area (Å²) in [5.41, 5.74) is 6.94. The van der Waals surface area contributed by atoms with E-state index in [1.165, 1.54) is 5.56 Å². The van der Waals surface area contributed by atoms with Gasteiger partial charge in [-0.15, -0.1) is 0 Å². The number of carbonyl (C=O) groups excluding carboxylic acids is 1. The van der Waals surface area contributed by atoms with Gasteiger partial charge in [-0.1, -0.05) is 37.3 Å². The topological polar surface area (TPSA) is 43.1 Å². The van der Waals surface area contributed by atoms with E-state index < -0.39 is 0 Å². The highest BCUT2D eigenvalue weighted by molar-refractivity contribution is 5.79. The average Bonchev–Trinajstić information content (AvgIpc) is 2.27. The predicted molar refractivity (Wildman–Crippen MR) is 62.7 cm³/mol. The molecule has 0 radical (unpaired) electrons. The second-order valence-electron chi connectivity index (χ2n) is 3.90. The maximum atomic E-state index is 11.5. The number of ketones is 1. The fourth-order valence-corrected chi connectivity index (χ4v) is 1.47. The lowest BCUT2D eigenvalue weighted by Gasteiger charge is -2.07. The molecule has 0 spiro atoms. The van der Waals surface area contributed by atoms with E-state index in [4.69, 9.17) is 5.73 Å². The Balaban J connectivity index is 2.29. The van der Waals surface area contributed by atoms with Crippen molar-refractivity contribution >= 4 is 5.78 Å². The molecule has 1 aromatic carbocycles. The third-order valence-electron chi connectivity index (χ3n) is 2.55. The van der Waals surface area contributed by atoms with Crippen LogP contribution >= 0.6 is 0 Å². The highest BCUT2D eigenvalue weighted by atomic mass is 16.1. The predicted octanol–water partition coefficient (Wildman–Crippen LogP) is 2.32. The van der Waals surface area contributed by atoms with Crippen LogP contribution in [0.3, 0.4) is 0 Å². The highest BCUT2D eigenvalue weighted by Gasteiger charge is 2.07. The van der Waals surface area contributed by atoms with E-state index in [1.807, 2.05) is 37.3 Å². The van der Waals surface area contributed by atoms with Gasteiger partial charge in [0.25, 0.3) is 0 Å². The van der Waals surface area contributed by atoms with Crippen LogP contribution in [0.4, 0.5) is 0 Å². The standard InChI is InChI=1S/C13H19NO/c1-2-12(14)10-13(15)9-8-11-6-4-3-5-7-11/h3-7,12H,2,8-10,14H2,1H3. The summed E-state index contributed by atoms with van der Waals surface area (Å²) in [5.74, 6) is 0.271. The van der Waals surface area contributed by atoms with Crippen molar-refractivity contribution in [1.29, 1.82) is 0 Å². The lowest BCUT2D eigenvalue weighted by Crippen LogP contribution is -2.22. The van der Waals surface area contributed by atoms with Gasteiger partial charge in [0.1, 0.15) is 5.78 Å². The Hall–Kier alpha value is -1.15. The van der Waals surface area contributed by atoms with E-state index in [9.17, 15) is 4.79 Å². The molecule has 1 atom stereocenters. The van der Waals surface area contributed by atoms with Crippen molar-refractivity contribution in [3.63, 3.8) is 0 Å². The number of carbonyl (C=O) groups is 1. The fraction of sp³-hybridized carbons (Fsp3) is 0.462. The van der Waals surface area contributed by atoms with E-state index in [0.717, 1.165) is 12.8 Å². The van der Waals surface area contributed by atoms with Crippen molar-refractivity contribution < 1.29 is 4.79 Å². The second kappa shape index (κ2) is 6.36. The molecule has 0 aliphatic carbocycles. The zero-order valence-electron chi connectivity index (χ0n) is 9.28. The molecule has 82 valence electrons. The normalized spacial score (nSPS) is 12.4. The Morgan fingerprint density at radius 3 is 2.60 bits per heavy atom. The minimum Gasteiger partial charge on any atom is -0.327 e. The van der Waals surface area contributed by atoms with Gasteiger partial charge >= 0.3 is 0 Å². The van der Waals surface area contributed by atoms with Gasteiger partial charge in [-0.3, -0.25) is 4.79 Å². The van der Waals surface area contributed by atoms with Gasteiger partial charge in [0.05, 0.1) is 0 Å². The minimum absolute atomic E-state index is 0.0354. The molecule has 1 rings (SSSR count). The van der Waals surface area contributed by atoms with E-state index >= 15 is 0 Å². The molecule has 1 unspecified atom stereocenters. The maximum absolute atomic E-state index is 11.5. The first kappa shape index (κ1) is 11.9. The number of hydrogen-bond donors (Lipinski definition) is 1. The quantitative estimate of drug-likeness (QED) is 0.774. The van der Waals surface area contributed by atoms with Gasteiger partial charge in [0, 0.05) is 18.9 Å².